The van der Waals surface area contributed by atoms with Crippen LogP contribution >= 0.6 is 23.5 Å². The fourth-order valence-electron chi connectivity index (χ4n) is 5.67. The fraction of sp³-hybridized carbons (Fsp3) is 0.250. The Bertz CT molecular complexity index is 3760. The van der Waals surface area contributed by atoms with Gasteiger partial charge in [0.2, 0.25) is 17.8 Å². The molecule has 40 heteroatoms. The summed E-state index contributed by atoms with van der Waals surface area (Å²) >= 11 is 2.11. The lowest BCUT2D eigenvalue weighted by atomic mass is 10.2. The van der Waals surface area contributed by atoms with E-state index in [-0.39, 0.29) is 81.2 Å². The lowest BCUT2D eigenvalue weighted by Gasteiger charge is -2.14. The summed E-state index contributed by atoms with van der Waals surface area (Å²) in [6, 6.07) is 13.0. The maximum atomic E-state index is 12.1. The third-order valence-electron chi connectivity index (χ3n) is 8.89. The van der Waals surface area contributed by atoms with Crippen LogP contribution in [0.4, 0.5) is 63.3 Å². The van der Waals surface area contributed by atoms with E-state index >= 15 is 0 Å². The SMILES string of the molecule is Cc1cc(N=Nc2cc(SCCCS(=O)(=O)O)c(N)cc2Nc2nc(NCCS(=O)(=O)O)nc(Nc3cccc(S(=O)(=O)O)c3)n2)c(SCCCS(=O)(=O)O)cc1N=Nc1ccc([N+](=O)[O-])cc1S(=O)(=O)O.O=S(=O)=O. The zero-order chi connectivity index (χ0) is 56.8. The van der Waals surface area contributed by atoms with Crippen LogP contribution in [-0.4, -0.2) is 133 Å². The Morgan fingerprint density at radius 2 is 1.16 bits per heavy atom. The molecule has 32 nitrogen and oxygen atoms in total. The molecule has 0 saturated heterocycles. The minimum absolute atomic E-state index is 0.00204. The lowest BCUT2D eigenvalue weighted by molar-refractivity contribution is -0.385. The van der Waals surface area contributed by atoms with Crippen LogP contribution in [0.3, 0.4) is 0 Å². The number of aromatic nitrogens is 3. The summed E-state index contributed by atoms with van der Waals surface area (Å²) in [5, 5.41) is 36.5. The number of hydrogen-bond donors (Lipinski definition) is 9. The molecule has 76 heavy (non-hydrogen) atoms. The Morgan fingerprint density at radius 3 is 1.72 bits per heavy atom. The number of thioether (sulfide) groups is 2. The highest BCUT2D eigenvalue weighted by Gasteiger charge is 2.22. The minimum Gasteiger partial charge on any atom is -0.398 e. The molecule has 1 heterocycles. The summed E-state index contributed by atoms with van der Waals surface area (Å²) in [5.74, 6) is -2.59. The number of nitrogens with zero attached hydrogens (tertiary/aromatic N) is 8. The van der Waals surface area contributed by atoms with E-state index in [9.17, 15) is 75.0 Å². The summed E-state index contributed by atoms with van der Waals surface area (Å²) in [6.45, 7) is 1.14. The first kappa shape index (κ1) is 62.1. The highest BCUT2D eigenvalue weighted by atomic mass is 32.2. The topological polar surface area (TPSA) is 516 Å². The number of nitro benzene ring substituents is 1. The van der Waals surface area contributed by atoms with E-state index in [1.165, 1.54) is 36.4 Å². The number of rotatable bonds is 25. The molecule has 0 aliphatic carbocycles. The van der Waals surface area contributed by atoms with Gasteiger partial charge >= 0.3 is 10.6 Å². The molecule has 1 aromatic heterocycles. The van der Waals surface area contributed by atoms with Crippen LogP contribution in [0.2, 0.25) is 0 Å². The predicted octanol–water partition coefficient (Wildman–Crippen LogP) is 5.52. The molecular formula is C36H40N12O20S8. The molecule has 0 aliphatic rings. The van der Waals surface area contributed by atoms with E-state index in [1.807, 2.05) is 0 Å². The molecule has 0 aliphatic heterocycles. The monoisotopic (exact) mass is 1220 g/mol. The molecule has 0 bridgehead atoms. The Morgan fingerprint density at radius 1 is 0.632 bits per heavy atom. The molecule has 0 spiro atoms. The van der Waals surface area contributed by atoms with Crippen molar-refractivity contribution in [3.8, 4) is 0 Å². The average Bonchev–Trinajstić information content (AvgIpc) is 3.27. The van der Waals surface area contributed by atoms with E-state index in [0.29, 0.717) is 16.5 Å². The zero-order valence-electron chi connectivity index (χ0n) is 38.3. The zero-order valence-corrected chi connectivity index (χ0v) is 44.8. The van der Waals surface area contributed by atoms with Crippen LogP contribution in [0.15, 0.2) is 107 Å². The van der Waals surface area contributed by atoms with Crippen molar-refractivity contribution in [3.63, 3.8) is 0 Å². The van der Waals surface area contributed by atoms with Gasteiger partial charge in [-0.3, -0.25) is 32.9 Å². The molecule has 0 unspecified atom stereocenters. The van der Waals surface area contributed by atoms with Crippen molar-refractivity contribution >= 4 is 148 Å². The van der Waals surface area contributed by atoms with Crippen LogP contribution in [0.1, 0.15) is 18.4 Å². The average molecular weight is 1220 g/mol. The van der Waals surface area contributed by atoms with Crippen molar-refractivity contribution in [2.75, 3.05) is 57.0 Å². The Kier molecular flexibility index (Phi) is 21.7. The number of azo groups is 2. The highest BCUT2D eigenvalue weighted by Crippen LogP contribution is 2.42. The first-order valence-electron chi connectivity index (χ1n) is 20.3. The second-order valence-electron chi connectivity index (χ2n) is 14.7. The van der Waals surface area contributed by atoms with Gasteiger partial charge in [-0.2, -0.15) is 62.2 Å². The summed E-state index contributed by atoms with van der Waals surface area (Å²) in [6.07, 6.45) is -0.0553. The van der Waals surface area contributed by atoms with E-state index < -0.39 is 111 Å². The molecule has 0 saturated carbocycles. The van der Waals surface area contributed by atoms with Crippen LogP contribution in [0, 0.1) is 17.0 Å². The van der Waals surface area contributed by atoms with Gasteiger partial charge in [-0.25, -0.2) is 0 Å². The number of nitro groups is 1. The lowest BCUT2D eigenvalue weighted by Crippen LogP contribution is -2.17. The summed E-state index contributed by atoms with van der Waals surface area (Å²) in [7, 11) is -25.9. The number of non-ortho nitro benzene ring substituents is 1. The number of nitrogens with two attached hydrogens (primary N) is 1. The normalized spacial score (nSPS) is 12.3. The molecule has 4 aromatic carbocycles. The number of hydrogen-bond acceptors (Lipinski definition) is 28. The number of nitrogens with one attached hydrogen (secondary N) is 3. The van der Waals surface area contributed by atoms with Gasteiger partial charge in [-0.15, -0.1) is 51.5 Å². The van der Waals surface area contributed by atoms with Crippen molar-refractivity contribution in [3.05, 3.63) is 82.4 Å². The summed E-state index contributed by atoms with van der Waals surface area (Å²) in [5.41, 5.74) is 6.03. The third kappa shape index (κ3) is 21.7. The maximum Gasteiger partial charge on any atom is 0.425 e. The number of anilines is 6. The number of benzene rings is 4. The molecule has 5 rings (SSSR count). The van der Waals surface area contributed by atoms with Gasteiger partial charge in [0.1, 0.15) is 16.3 Å². The Balaban J connectivity index is 0.00000301. The van der Waals surface area contributed by atoms with Gasteiger partial charge in [0, 0.05) is 39.8 Å². The van der Waals surface area contributed by atoms with E-state index in [4.69, 9.17) is 18.4 Å². The number of nitrogen functional groups attached to an aromatic ring is 1. The smallest absolute Gasteiger partial charge is 0.398 e. The predicted molar refractivity (Wildman–Crippen MR) is 274 cm³/mol. The van der Waals surface area contributed by atoms with Gasteiger partial charge in [0.25, 0.3) is 56.3 Å². The minimum atomic E-state index is -5.03. The van der Waals surface area contributed by atoms with Crippen LogP contribution in [0.25, 0.3) is 0 Å². The summed E-state index contributed by atoms with van der Waals surface area (Å²) < 4.78 is 189. The molecule has 412 valence electrons. The van der Waals surface area contributed by atoms with Crippen molar-refractivity contribution in [2.24, 2.45) is 20.5 Å². The second kappa shape index (κ2) is 26.6. The molecule has 0 amide bonds. The van der Waals surface area contributed by atoms with E-state index in [2.05, 4.69) is 51.4 Å². The van der Waals surface area contributed by atoms with E-state index in [1.54, 1.807) is 6.92 Å². The molecule has 0 fully saturated rings. The van der Waals surface area contributed by atoms with E-state index in [0.717, 1.165) is 47.8 Å². The fourth-order valence-corrected chi connectivity index (χ4v) is 10.5. The second-order valence-corrected chi connectivity index (χ2v) is 25.0. The molecule has 0 radical (unpaired) electrons. The van der Waals surface area contributed by atoms with Crippen molar-refractivity contribution in [1.29, 1.82) is 0 Å². The third-order valence-corrected chi connectivity index (χ3v) is 15.2. The summed E-state index contributed by atoms with van der Waals surface area (Å²) in [4.78, 5) is 22.3. The highest BCUT2D eigenvalue weighted by molar-refractivity contribution is 7.99. The van der Waals surface area contributed by atoms with Crippen molar-refractivity contribution in [1.82, 2.24) is 15.0 Å². The van der Waals surface area contributed by atoms with Gasteiger partial charge in [-0.05, 0) is 85.4 Å². The Labute approximate surface area is 441 Å². The standard InChI is InChI=1S/C36H40N12O17S7.O3S/c1-21-15-30(32(67-11-4-13-69(54,55)56)19-27(21)45-44-26-8-7-23(48(49)50)17-33(26)72(63,64)65)47-46-29-20-31(66-10-3-12-68(51,52)53)25(37)18-28(29)40-36-42-34(38-9-14-70(57,58)59)41-35(43-36)39-22-5-2-6-24(16-22)71(60,61)62;1-4(2)3/h2,5-8,15-20H,3-4,9-14,37H2,1H3,(H,51,52,53)(H,54,55,56)(H,57,58,59)(H,60,61,62)(H,63,64,65)(H3,38,39,40,41,42,43);. The van der Waals surface area contributed by atoms with Crippen LogP contribution in [-0.2, 0) is 61.2 Å². The largest absolute Gasteiger partial charge is 0.425 e. The quantitative estimate of drug-likeness (QED) is 0.00660. The maximum absolute atomic E-state index is 12.1. The van der Waals surface area contributed by atoms with Crippen molar-refractivity contribution in [2.45, 2.75) is 39.3 Å². The van der Waals surface area contributed by atoms with Gasteiger partial charge in [0.15, 0.2) is 0 Å². The molecular weight excluding hydrogens is 1180 g/mol. The Hall–Kier alpha value is -6.44. The molecule has 0 atom stereocenters. The first-order valence-corrected chi connectivity index (χ1v) is 31.0. The van der Waals surface area contributed by atoms with Gasteiger partial charge in [-0.1, -0.05) is 6.07 Å². The molecule has 10 N–H and O–H groups in total. The first-order chi connectivity index (χ1) is 35.2. The van der Waals surface area contributed by atoms with Gasteiger partial charge in [0.05, 0.1) is 44.1 Å². The van der Waals surface area contributed by atoms with Crippen LogP contribution < -0.4 is 21.7 Å². The molecule has 5 aromatic rings. The van der Waals surface area contributed by atoms with Crippen LogP contribution in [0.5, 0.6) is 0 Å². The number of aryl methyl sites for hydroxylation is 1. The van der Waals surface area contributed by atoms with Crippen molar-refractivity contribution < 1.29 is 82.4 Å². The van der Waals surface area contributed by atoms with Gasteiger partial charge < -0.3 is 21.7 Å².